The first-order chi connectivity index (χ1) is 13.1. The Morgan fingerprint density at radius 2 is 1.22 bits per heavy atom. The van der Waals surface area contributed by atoms with Crippen LogP contribution in [-0.2, 0) is 4.74 Å². The second kappa shape index (κ2) is 8.15. The molecule has 0 aliphatic heterocycles. The monoisotopic (exact) mass is 358 g/mol. The molecular formula is C23H18O4. The predicted octanol–water partition coefficient (Wildman–Crippen LogP) is 4.76. The maximum atomic E-state index is 11.7. The van der Waals surface area contributed by atoms with Crippen molar-refractivity contribution in [1.29, 1.82) is 0 Å². The highest BCUT2D eigenvalue weighted by molar-refractivity contribution is 5.94. The average molecular weight is 358 g/mol. The van der Waals surface area contributed by atoms with Crippen LogP contribution in [0, 0.1) is 0 Å². The van der Waals surface area contributed by atoms with Crippen molar-refractivity contribution in [3.63, 3.8) is 0 Å². The molecule has 1 N–H and O–H groups in total. The van der Waals surface area contributed by atoms with E-state index in [2.05, 4.69) is 0 Å². The number of hydrogen-bond acceptors (Lipinski definition) is 3. The topological polar surface area (TPSA) is 63.6 Å². The maximum absolute atomic E-state index is 11.7. The summed E-state index contributed by atoms with van der Waals surface area (Å²) in [7, 11) is 1.35. The summed E-state index contributed by atoms with van der Waals surface area (Å²) >= 11 is 0. The van der Waals surface area contributed by atoms with Crippen molar-refractivity contribution in [3.05, 3.63) is 107 Å². The summed E-state index contributed by atoms with van der Waals surface area (Å²) in [5.41, 5.74) is 4.45. The van der Waals surface area contributed by atoms with Crippen molar-refractivity contribution in [2.45, 2.75) is 0 Å². The van der Waals surface area contributed by atoms with E-state index < -0.39 is 5.97 Å². The third kappa shape index (κ3) is 4.30. The molecule has 0 spiro atoms. The van der Waals surface area contributed by atoms with Crippen molar-refractivity contribution in [3.8, 4) is 0 Å². The highest BCUT2D eigenvalue weighted by atomic mass is 16.5. The smallest absolute Gasteiger partial charge is 0.337 e. The van der Waals surface area contributed by atoms with Crippen LogP contribution in [0.25, 0.3) is 11.6 Å². The Hall–Kier alpha value is -3.66. The number of methoxy groups -OCH3 is 1. The van der Waals surface area contributed by atoms with Crippen LogP contribution < -0.4 is 0 Å². The lowest BCUT2D eigenvalue weighted by atomic mass is 9.94. The van der Waals surface area contributed by atoms with Crippen LogP contribution >= 0.6 is 0 Å². The van der Waals surface area contributed by atoms with E-state index in [0.29, 0.717) is 5.56 Å². The number of ether oxygens (including phenoxy) is 1. The molecule has 3 aromatic rings. The van der Waals surface area contributed by atoms with E-state index in [1.165, 1.54) is 7.11 Å². The number of carbonyl (C=O) groups is 2. The first-order valence-corrected chi connectivity index (χ1v) is 8.37. The van der Waals surface area contributed by atoms with Crippen molar-refractivity contribution in [2.75, 3.05) is 7.11 Å². The van der Waals surface area contributed by atoms with Crippen molar-refractivity contribution in [1.82, 2.24) is 0 Å². The molecule has 4 heteroatoms. The Morgan fingerprint density at radius 1 is 0.741 bits per heavy atom. The zero-order chi connectivity index (χ0) is 19.2. The molecule has 0 unspecified atom stereocenters. The van der Waals surface area contributed by atoms with Gasteiger partial charge in [-0.15, -0.1) is 0 Å². The molecule has 3 aromatic carbocycles. The van der Waals surface area contributed by atoms with E-state index >= 15 is 0 Å². The third-order valence-corrected chi connectivity index (χ3v) is 4.17. The summed E-state index contributed by atoms with van der Waals surface area (Å²) in [4.78, 5) is 22.8. The van der Waals surface area contributed by atoms with Gasteiger partial charge in [0.1, 0.15) is 0 Å². The summed E-state index contributed by atoms with van der Waals surface area (Å²) in [6, 6.07) is 23.7. The molecule has 0 saturated carbocycles. The van der Waals surface area contributed by atoms with E-state index in [0.717, 1.165) is 22.3 Å². The molecule has 27 heavy (non-hydrogen) atoms. The fourth-order valence-electron chi connectivity index (χ4n) is 2.75. The standard InChI is InChI=1S/C23H18O4/c1-27-23(26)20-13-9-18(10-14-20)21(15-16-5-3-2-4-6-16)17-7-11-19(12-8-17)22(24)25/h2-15H,1H3,(H,24,25). The first kappa shape index (κ1) is 18.1. The van der Waals surface area contributed by atoms with Crippen LogP contribution in [0.3, 0.4) is 0 Å². The third-order valence-electron chi connectivity index (χ3n) is 4.17. The van der Waals surface area contributed by atoms with Gasteiger partial charge in [-0.1, -0.05) is 54.6 Å². The Kier molecular flexibility index (Phi) is 5.47. The molecule has 4 nitrogen and oxygen atoms in total. The SMILES string of the molecule is COC(=O)c1ccc(C(=Cc2ccccc2)c2ccc(C(=O)O)cc2)cc1. The van der Waals surface area contributed by atoms with Crippen LogP contribution in [0.2, 0.25) is 0 Å². The molecule has 0 atom stereocenters. The zero-order valence-corrected chi connectivity index (χ0v) is 14.8. The number of hydrogen-bond donors (Lipinski definition) is 1. The second-order valence-corrected chi connectivity index (χ2v) is 5.92. The number of aromatic carboxylic acids is 1. The molecule has 0 amide bonds. The van der Waals surface area contributed by atoms with Crippen molar-refractivity contribution >= 4 is 23.6 Å². The van der Waals surface area contributed by atoms with Gasteiger partial charge in [0.25, 0.3) is 0 Å². The number of carboxylic acids is 1. The maximum Gasteiger partial charge on any atom is 0.337 e. The minimum atomic E-state index is -0.961. The molecule has 0 heterocycles. The van der Waals surface area contributed by atoms with Gasteiger partial charge in [0.2, 0.25) is 0 Å². The largest absolute Gasteiger partial charge is 0.478 e. The fourth-order valence-corrected chi connectivity index (χ4v) is 2.75. The lowest BCUT2D eigenvalue weighted by Gasteiger charge is -2.10. The Balaban J connectivity index is 2.06. The highest BCUT2D eigenvalue weighted by Crippen LogP contribution is 2.27. The summed E-state index contributed by atoms with van der Waals surface area (Å²) in [5.74, 6) is -1.35. The number of carboxylic acid groups (broad SMARTS) is 1. The normalized spacial score (nSPS) is 11.1. The number of rotatable bonds is 5. The summed E-state index contributed by atoms with van der Waals surface area (Å²) < 4.78 is 4.74. The highest BCUT2D eigenvalue weighted by Gasteiger charge is 2.10. The second-order valence-electron chi connectivity index (χ2n) is 5.92. The molecule has 134 valence electrons. The summed E-state index contributed by atoms with van der Waals surface area (Å²) in [6.07, 6.45) is 2.03. The van der Waals surface area contributed by atoms with Crippen LogP contribution in [0.4, 0.5) is 0 Å². The van der Waals surface area contributed by atoms with Gasteiger partial charge >= 0.3 is 11.9 Å². The molecule has 0 radical (unpaired) electrons. The Labute approximate surface area is 157 Å². The van der Waals surface area contributed by atoms with Gasteiger partial charge in [-0.3, -0.25) is 0 Å². The molecule has 0 fully saturated rings. The van der Waals surface area contributed by atoms with Gasteiger partial charge in [-0.2, -0.15) is 0 Å². The minimum absolute atomic E-state index is 0.235. The Morgan fingerprint density at radius 3 is 1.70 bits per heavy atom. The van der Waals surface area contributed by atoms with Gasteiger partial charge in [0.05, 0.1) is 18.2 Å². The van der Waals surface area contributed by atoms with E-state index in [1.807, 2.05) is 48.5 Å². The molecule has 0 aliphatic rings. The average Bonchev–Trinajstić information content (AvgIpc) is 2.72. The lowest BCUT2D eigenvalue weighted by Crippen LogP contribution is -2.01. The van der Waals surface area contributed by atoms with Gasteiger partial charge in [-0.05, 0) is 52.6 Å². The van der Waals surface area contributed by atoms with Crippen molar-refractivity contribution in [2.24, 2.45) is 0 Å². The van der Waals surface area contributed by atoms with Gasteiger partial charge < -0.3 is 9.84 Å². The van der Waals surface area contributed by atoms with Crippen molar-refractivity contribution < 1.29 is 19.4 Å². The predicted molar refractivity (Wildman–Crippen MR) is 105 cm³/mol. The minimum Gasteiger partial charge on any atom is -0.478 e. The number of benzene rings is 3. The molecule has 0 bridgehead atoms. The van der Waals surface area contributed by atoms with Gasteiger partial charge in [0, 0.05) is 0 Å². The quantitative estimate of drug-likeness (QED) is 0.527. The van der Waals surface area contributed by atoms with Crippen LogP contribution in [0.5, 0.6) is 0 Å². The van der Waals surface area contributed by atoms with E-state index in [-0.39, 0.29) is 11.5 Å². The molecule has 0 aliphatic carbocycles. The molecule has 3 rings (SSSR count). The van der Waals surface area contributed by atoms with Crippen LogP contribution in [0.1, 0.15) is 37.4 Å². The first-order valence-electron chi connectivity index (χ1n) is 8.37. The summed E-state index contributed by atoms with van der Waals surface area (Å²) in [6.45, 7) is 0. The van der Waals surface area contributed by atoms with Gasteiger partial charge in [0.15, 0.2) is 0 Å². The van der Waals surface area contributed by atoms with E-state index in [9.17, 15) is 9.59 Å². The lowest BCUT2D eigenvalue weighted by molar-refractivity contribution is 0.0599. The number of esters is 1. The molecular weight excluding hydrogens is 340 g/mol. The van der Waals surface area contributed by atoms with E-state index in [4.69, 9.17) is 9.84 Å². The molecule has 0 aromatic heterocycles. The van der Waals surface area contributed by atoms with Crippen LogP contribution in [-0.4, -0.2) is 24.2 Å². The zero-order valence-electron chi connectivity index (χ0n) is 14.8. The van der Waals surface area contributed by atoms with E-state index in [1.54, 1.807) is 36.4 Å². The van der Waals surface area contributed by atoms with Crippen LogP contribution in [0.15, 0.2) is 78.9 Å². The number of carbonyl (C=O) groups excluding carboxylic acids is 1. The fraction of sp³-hybridized carbons (Fsp3) is 0.0435. The van der Waals surface area contributed by atoms with Gasteiger partial charge in [-0.25, -0.2) is 9.59 Å². The Bertz CT molecular complexity index is 969. The molecule has 0 saturated heterocycles. The summed E-state index contributed by atoms with van der Waals surface area (Å²) in [5, 5.41) is 9.11.